The van der Waals surface area contributed by atoms with E-state index in [0.717, 1.165) is 34.4 Å². The number of aliphatic hydroxyl groups is 1. The van der Waals surface area contributed by atoms with Crippen LogP contribution < -0.4 is 9.47 Å². The Hall–Kier alpha value is -2.54. The van der Waals surface area contributed by atoms with Crippen LogP contribution in [0.1, 0.15) is 22.9 Å². The molecular formula is C23H27NO5. The van der Waals surface area contributed by atoms with E-state index in [4.69, 9.17) is 18.6 Å². The minimum Gasteiger partial charge on any atom is -0.493 e. The van der Waals surface area contributed by atoms with E-state index < -0.39 is 0 Å². The van der Waals surface area contributed by atoms with Gasteiger partial charge >= 0.3 is 0 Å². The number of aliphatic hydroxyl groups excluding tert-OH is 1. The summed E-state index contributed by atoms with van der Waals surface area (Å²) in [5.41, 5.74) is 3.06. The molecule has 0 amide bonds. The molecule has 0 saturated carbocycles. The average molecular weight is 397 g/mol. The van der Waals surface area contributed by atoms with Crippen molar-refractivity contribution in [3.8, 4) is 11.5 Å². The number of ether oxygens (including phenoxy) is 3. The summed E-state index contributed by atoms with van der Waals surface area (Å²) in [4.78, 5) is 2.30. The van der Waals surface area contributed by atoms with Crippen molar-refractivity contribution < 1.29 is 23.7 Å². The second kappa shape index (κ2) is 8.45. The third kappa shape index (κ3) is 3.71. The lowest BCUT2D eigenvalue weighted by Gasteiger charge is -2.40. The summed E-state index contributed by atoms with van der Waals surface area (Å²) >= 11 is 0. The maximum absolute atomic E-state index is 9.97. The van der Waals surface area contributed by atoms with E-state index in [0.29, 0.717) is 24.7 Å². The van der Waals surface area contributed by atoms with Gasteiger partial charge in [-0.3, -0.25) is 4.90 Å². The van der Waals surface area contributed by atoms with Gasteiger partial charge in [0.25, 0.3) is 0 Å². The van der Waals surface area contributed by atoms with Gasteiger partial charge in [-0.1, -0.05) is 24.3 Å². The van der Waals surface area contributed by atoms with Crippen LogP contribution in [0.5, 0.6) is 11.5 Å². The first kappa shape index (κ1) is 19.8. The highest BCUT2D eigenvalue weighted by Crippen LogP contribution is 2.37. The summed E-state index contributed by atoms with van der Waals surface area (Å²) in [6.07, 6.45) is -0.327. The van der Waals surface area contributed by atoms with E-state index in [-0.39, 0.29) is 18.8 Å². The van der Waals surface area contributed by atoms with Crippen LogP contribution in [0.2, 0.25) is 0 Å². The number of furan rings is 1. The molecule has 154 valence electrons. The standard InChI is InChI=1S/C23H27NO5/c1-15-17-6-4-5-7-18(17)29-21(15)13-24-10-11-28-22(14-25)23(24)16-8-9-19(26-2)20(12-16)27-3/h4-9,12,22-23,25H,10-11,13-14H2,1-3H3/t22-,23-/m1/s1. The maximum Gasteiger partial charge on any atom is 0.161 e. The highest BCUT2D eigenvalue weighted by molar-refractivity contribution is 5.81. The third-order valence-electron chi connectivity index (χ3n) is 5.67. The molecule has 0 spiro atoms. The zero-order valence-corrected chi connectivity index (χ0v) is 17.1. The molecule has 0 aliphatic carbocycles. The second-order valence-corrected chi connectivity index (χ2v) is 7.27. The number of nitrogens with zero attached hydrogens (tertiary/aromatic N) is 1. The van der Waals surface area contributed by atoms with Gasteiger partial charge in [0.15, 0.2) is 11.5 Å². The quantitative estimate of drug-likeness (QED) is 0.684. The topological polar surface area (TPSA) is 64.3 Å². The van der Waals surface area contributed by atoms with Crippen LogP contribution in [0.4, 0.5) is 0 Å². The zero-order chi connectivity index (χ0) is 20.4. The van der Waals surface area contributed by atoms with Crippen molar-refractivity contribution in [2.75, 3.05) is 34.0 Å². The molecule has 29 heavy (non-hydrogen) atoms. The normalized spacial score (nSPS) is 20.1. The lowest BCUT2D eigenvalue weighted by Crippen LogP contribution is -2.46. The van der Waals surface area contributed by atoms with Crippen LogP contribution in [-0.2, 0) is 11.3 Å². The molecule has 2 atom stereocenters. The predicted octanol–water partition coefficient (Wildman–Crippen LogP) is 3.69. The summed E-state index contributed by atoms with van der Waals surface area (Å²) in [6, 6.07) is 13.8. The molecule has 6 nitrogen and oxygen atoms in total. The van der Waals surface area contributed by atoms with Crippen LogP contribution in [0, 0.1) is 6.92 Å². The Morgan fingerprint density at radius 3 is 2.62 bits per heavy atom. The first-order chi connectivity index (χ1) is 14.2. The largest absolute Gasteiger partial charge is 0.493 e. The number of fused-ring (bicyclic) bond motifs is 1. The summed E-state index contributed by atoms with van der Waals surface area (Å²) < 4.78 is 22.9. The highest BCUT2D eigenvalue weighted by Gasteiger charge is 2.34. The van der Waals surface area contributed by atoms with Crippen molar-refractivity contribution in [2.45, 2.75) is 25.6 Å². The molecule has 6 heteroatoms. The van der Waals surface area contributed by atoms with E-state index in [9.17, 15) is 5.11 Å². The van der Waals surface area contributed by atoms with Gasteiger partial charge in [-0.05, 0) is 36.2 Å². The van der Waals surface area contributed by atoms with Crippen molar-refractivity contribution in [1.82, 2.24) is 4.90 Å². The molecule has 1 saturated heterocycles. The van der Waals surface area contributed by atoms with E-state index in [1.807, 2.05) is 36.4 Å². The number of rotatable bonds is 6. The molecule has 1 aliphatic rings. The van der Waals surface area contributed by atoms with Gasteiger partial charge in [-0.15, -0.1) is 0 Å². The molecule has 1 aliphatic heterocycles. The number of hydrogen-bond acceptors (Lipinski definition) is 6. The predicted molar refractivity (Wildman–Crippen MR) is 110 cm³/mol. The fourth-order valence-corrected chi connectivity index (χ4v) is 4.14. The van der Waals surface area contributed by atoms with E-state index >= 15 is 0 Å². The molecule has 0 unspecified atom stereocenters. The van der Waals surface area contributed by atoms with Crippen LogP contribution in [0.15, 0.2) is 46.9 Å². The fraction of sp³-hybridized carbons (Fsp3) is 0.391. The molecule has 4 rings (SSSR count). The molecule has 3 aromatic rings. The van der Waals surface area contributed by atoms with Crippen LogP contribution in [-0.4, -0.2) is 50.1 Å². The lowest BCUT2D eigenvalue weighted by molar-refractivity contribution is -0.0974. The molecular weight excluding hydrogens is 370 g/mol. The van der Waals surface area contributed by atoms with Gasteiger partial charge in [0.05, 0.1) is 40.0 Å². The van der Waals surface area contributed by atoms with Crippen LogP contribution >= 0.6 is 0 Å². The monoisotopic (exact) mass is 397 g/mol. The average Bonchev–Trinajstić information content (AvgIpc) is 3.08. The minimum atomic E-state index is -0.327. The van der Waals surface area contributed by atoms with Crippen molar-refractivity contribution in [1.29, 1.82) is 0 Å². The van der Waals surface area contributed by atoms with Crippen molar-refractivity contribution >= 4 is 11.0 Å². The number of benzene rings is 2. The molecule has 2 heterocycles. The minimum absolute atomic E-state index is 0.0609. The van der Waals surface area contributed by atoms with Gasteiger partial charge < -0.3 is 23.7 Å². The maximum atomic E-state index is 9.97. The Bertz CT molecular complexity index is 983. The number of hydrogen-bond donors (Lipinski definition) is 1. The fourth-order valence-electron chi connectivity index (χ4n) is 4.14. The zero-order valence-electron chi connectivity index (χ0n) is 17.1. The Morgan fingerprint density at radius 1 is 1.10 bits per heavy atom. The van der Waals surface area contributed by atoms with E-state index in [2.05, 4.69) is 17.9 Å². The Labute approximate surface area is 170 Å². The van der Waals surface area contributed by atoms with Crippen molar-refractivity contribution in [3.63, 3.8) is 0 Å². The number of methoxy groups -OCH3 is 2. The summed E-state index contributed by atoms with van der Waals surface area (Å²) in [5, 5.41) is 11.1. The van der Waals surface area contributed by atoms with E-state index in [1.165, 1.54) is 0 Å². The van der Waals surface area contributed by atoms with E-state index in [1.54, 1.807) is 14.2 Å². The third-order valence-corrected chi connectivity index (χ3v) is 5.67. The van der Waals surface area contributed by atoms with Gasteiger partial charge in [0, 0.05) is 11.9 Å². The van der Waals surface area contributed by atoms with Crippen LogP contribution in [0.25, 0.3) is 11.0 Å². The van der Waals surface area contributed by atoms with Gasteiger partial charge in [-0.25, -0.2) is 0 Å². The van der Waals surface area contributed by atoms with Crippen LogP contribution in [0.3, 0.4) is 0 Å². The first-order valence-electron chi connectivity index (χ1n) is 9.81. The number of morpholine rings is 1. The van der Waals surface area contributed by atoms with Gasteiger partial charge in [-0.2, -0.15) is 0 Å². The van der Waals surface area contributed by atoms with Crippen molar-refractivity contribution in [3.05, 3.63) is 59.4 Å². The summed E-state index contributed by atoms with van der Waals surface area (Å²) in [7, 11) is 3.24. The summed E-state index contributed by atoms with van der Waals surface area (Å²) in [5.74, 6) is 2.27. The second-order valence-electron chi connectivity index (χ2n) is 7.27. The Kier molecular flexibility index (Phi) is 5.76. The number of para-hydroxylation sites is 1. The molecule has 1 aromatic heterocycles. The molecule has 1 fully saturated rings. The molecule has 0 bridgehead atoms. The molecule has 0 radical (unpaired) electrons. The number of aryl methyl sites for hydroxylation is 1. The Balaban J connectivity index is 1.69. The first-order valence-corrected chi connectivity index (χ1v) is 9.81. The molecule has 2 aromatic carbocycles. The molecule has 1 N–H and O–H groups in total. The van der Waals surface area contributed by atoms with Gasteiger partial charge in [0.2, 0.25) is 0 Å². The summed E-state index contributed by atoms with van der Waals surface area (Å²) in [6.45, 7) is 3.98. The Morgan fingerprint density at radius 2 is 1.90 bits per heavy atom. The highest BCUT2D eigenvalue weighted by atomic mass is 16.5. The smallest absolute Gasteiger partial charge is 0.161 e. The van der Waals surface area contributed by atoms with Crippen molar-refractivity contribution in [2.24, 2.45) is 0 Å². The van der Waals surface area contributed by atoms with Gasteiger partial charge in [0.1, 0.15) is 17.4 Å². The lowest BCUT2D eigenvalue weighted by atomic mass is 9.97. The SMILES string of the molecule is COc1ccc([C@@H]2[C@@H](CO)OCCN2Cc2oc3ccccc3c2C)cc1OC.